The van der Waals surface area contributed by atoms with E-state index in [1.807, 2.05) is 6.07 Å². The Morgan fingerprint density at radius 3 is 2.37 bits per heavy atom. The fraction of sp³-hybridized carbons (Fsp3) is 0.0769. The number of hydrazine groups is 1. The summed E-state index contributed by atoms with van der Waals surface area (Å²) in [7, 11) is 0. The lowest BCUT2D eigenvalue weighted by atomic mass is 9.99. The highest BCUT2D eigenvalue weighted by molar-refractivity contribution is 9.10. The van der Waals surface area contributed by atoms with Crippen LogP contribution < -0.4 is 11.3 Å². The molecule has 0 aliphatic carbocycles. The van der Waals surface area contributed by atoms with Crippen LogP contribution in [0.1, 0.15) is 17.2 Å². The zero-order valence-corrected chi connectivity index (χ0v) is 13.6. The predicted molar refractivity (Wildman–Crippen MR) is 82.4 cm³/mol. The van der Waals surface area contributed by atoms with Crippen LogP contribution in [0.25, 0.3) is 0 Å². The summed E-state index contributed by atoms with van der Waals surface area (Å²) in [4.78, 5) is 0. The van der Waals surface area contributed by atoms with E-state index in [0.29, 0.717) is 20.6 Å². The van der Waals surface area contributed by atoms with Gasteiger partial charge in [-0.15, -0.1) is 0 Å². The molecule has 2 aromatic carbocycles. The van der Waals surface area contributed by atoms with Gasteiger partial charge in [-0.25, -0.2) is 9.82 Å². The van der Waals surface area contributed by atoms with Gasteiger partial charge in [-0.05, 0) is 34.1 Å². The third-order valence-electron chi connectivity index (χ3n) is 2.75. The van der Waals surface area contributed by atoms with Crippen LogP contribution >= 0.6 is 43.5 Å². The Morgan fingerprint density at radius 1 is 1.11 bits per heavy atom. The van der Waals surface area contributed by atoms with Gasteiger partial charge in [0.2, 0.25) is 0 Å². The molecule has 0 saturated heterocycles. The molecule has 19 heavy (non-hydrogen) atoms. The van der Waals surface area contributed by atoms with E-state index in [9.17, 15) is 4.39 Å². The van der Waals surface area contributed by atoms with Crippen LogP contribution in [0, 0.1) is 5.82 Å². The Kier molecular flexibility index (Phi) is 4.97. The lowest BCUT2D eigenvalue weighted by Crippen LogP contribution is -2.30. The van der Waals surface area contributed by atoms with Gasteiger partial charge in [0.25, 0.3) is 0 Å². The summed E-state index contributed by atoms with van der Waals surface area (Å²) in [6.45, 7) is 0. The normalized spacial score (nSPS) is 12.5. The summed E-state index contributed by atoms with van der Waals surface area (Å²) in [6, 6.07) is 9.89. The van der Waals surface area contributed by atoms with E-state index >= 15 is 0 Å². The van der Waals surface area contributed by atoms with Gasteiger partial charge in [-0.3, -0.25) is 5.84 Å². The van der Waals surface area contributed by atoms with E-state index in [0.717, 1.165) is 4.47 Å². The van der Waals surface area contributed by atoms with Crippen molar-refractivity contribution in [2.24, 2.45) is 5.84 Å². The topological polar surface area (TPSA) is 38.0 Å². The second-order valence-electron chi connectivity index (χ2n) is 3.88. The van der Waals surface area contributed by atoms with E-state index in [1.165, 1.54) is 0 Å². The van der Waals surface area contributed by atoms with Gasteiger partial charge in [-0.1, -0.05) is 45.7 Å². The van der Waals surface area contributed by atoms with Crippen molar-refractivity contribution in [2.45, 2.75) is 6.04 Å². The second kappa shape index (κ2) is 6.33. The summed E-state index contributed by atoms with van der Waals surface area (Å²) in [6.07, 6.45) is 0. The molecule has 2 nitrogen and oxygen atoms in total. The molecule has 1 unspecified atom stereocenters. The molecule has 0 aromatic heterocycles. The summed E-state index contributed by atoms with van der Waals surface area (Å²) in [5.41, 5.74) is 3.73. The molecule has 0 fully saturated rings. The Hall–Kier alpha value is -0.460. The highest BCUT2D eigenvalue weighted by atomic mass is 79.9. The summed E-state index contributed by atoms with van der Waals surface area (Å²) < 4.78 is 15.3. The molecule has 0 aliphatic heterocycles. The zero-order valence-electron chi connectivity index (χ0n) is 9.63. The number of benzene rings is 2. The fourth-order valence-corrected chi connectivity index (χ4v) is 3.23. The average Bonchev–Trinajstić information content (AvgIpc) is 2.38. The van der Waals surface area contributed by atoms with Gasteiger partial charge in [0, 0.05) is 20.6 Å². The minimum atomic E-state index is -0.541. The Morgan fingerprint density at radius 2 is 1.74 bits per heavy atom. The highest BCUT2D eigenvalue weighted by Crippen LogP contribution is 2.35. The summed E-state index contributed by atoms with van der Waals surface area (Å²) in [5.74, 6) is 5.22. The number of halogens is 4. The van der Waals surface area contributed by atoms with Crippen molar-refractivity contribution in [1.29, 1.82) is 0 Å². The standard InChI is InChI=1S/C13H10Br2ClFN2/c14-8-4-2-6-10(16)11(8)13(19-18)7-3-1-5-9(15)12(7)17/h1-6,13,19H,18H2. The van der Waals surface area contributed by atoms with Crippen LogP contribution in [-0.2, 0) is 0 Å². The van der Waals surface area contributed by atoms with Crippen LogP contribution in [0.2, 0.25) is 5.02 Å². The van der Waals surface area contributed by atoms with Gasteiger partial charge in [0.1, 0.15) is 5.82 Å². The van der Waals surface area contributed by atoms with Crippen molar-refractivity contribution in [3.05, 3.63) is 67.3 Å². The van der Waals surface area contributed by atoms with E-state index in [4.69, 9.17) is 17.4 Å². The molecular formula is C13H10Br2ClFN2. The predicted octanol–water partition coefficient (Wildman–Crippen LogP) is 4.56. The Balaban J connectivity index is 2.60. The lowest BCUT2D eigenvalue weighted by Gasteiger charge is -2.20. The van der Waals surface area contributed by atoms with Crippen LogP contribution in [0.15, 0.2) is 45.3 Å². The first-order chi connectivity index (χ1) is 9.06. The van der Waals surface area contributed by atoms with Gasteiger partial charge in [0.05, 0.1) is 10.5 Å². The number of hydrogen-bond acceptors (Lipinski definition) is 2. The Bertz CT molecular complexity index is 587. The monoisotopic (exact) mass is 406 g/mol. The molecule has 0 spiro atoms. The first-order valence-corrected chi connectivity index (χ1v) is 7.36. The summed E-state index contributed by atoms with van der Waals surface area (Å²) in [5, 5.41) is 0.511. The minimum Gasteiger partial charge on any atom is -0.271 e. The molecule has 3 N–H and O–H groups in total. The molecule has 1 atom stereocenters. The molecule has 0 aliphatic rings. The molecule has 0 heterocycles. The van der Waals surface area contributed by atoms with Crippen LogP contribution in [-0.4, -0.2) is 0 Å². The molecule has 0 saturated carbocycles. The number of rotatable bonds is 3. The first kappa shape index (κ1) is 14.9. The lowest BCUT2D eigenvalue weighted by molar-refractivity contribution is 0.555. The van der Waals surface area contributed by atoms with E-state index in [2.05, 4.69) is 37.3 Å². The smallest absolute Gasteiger partial charge is 0.142 e. The van der Waals surface area contributed by atoms with Gasteiger partial charge in [-0.2, -0.15) is 0 Å². The molecule has 0 amide bonds. The molecule has 2 rings (SSSR count). The minimum absolute atomic E-state index is 0.364. The SMILES string of the molecule is NNC(c1cccc(Br)c1F)c1c(Cl)cccc1Br. The largest absolute Gasteiger partial charge is 0.271 e. The number of hydrogen-bond donors (Lipinski definition) is 2. The highest BCUT2D eigenvalue weighted by Gasteiger charge is 2.22. The maximum atomic E-state index is 14.2. The van der Waals surface area contributed by atoms with Gasteiger partial charge < -0.3 is 0 Å². The van der Waals surface area contributed by atoms with Gasteiger partial charge >= 0.3 is 0 Å². The van der Waals surface area contributed by atoms with Crippen molar-refractivity contribution >= 4 is 43.5 Å². The molecule has 0 bridgehead atoms. The van der Waals surface area contributed by atoms with E-state index in [-0.39, 0.29) is 5.82 Å². The van der Waals surface area contributed by atoms with Crippen LogP contribution in [0.4, 0.5) is 4.39 Å². The second-order valence-corrected chi connectivity index (χ2v) is 5.99. The van der Waals surface area contributed by atoms with E-state index in [1.54, 1.807) is 30.3 Å². The van der Waals surface area contributed by atoms with Crippen molar-refractivity contribution in [3.8, 4) is 0 Å². The van der Waals surface area contributed by atoms with Crippen LogP contribution in [0.5, 0.6) is 0 Å². The summed E-state index contributed by atoms with van der Waals surface area (Å²) >= 11 is 12.8. The molecule has 2 aromatic rings. The molecule has 0 radical (unpaired) electrons. The number of nitrogens with one attached hydrogen (secondary N) is 1. The fourth-order valence-electron chi connectivity index (χ4n) is 1.86. The first-order valence-electron chi connectivity index (χ1n) is 5.40. The van der Waals surface area contributed by atoms with E-state index < -0.39 is 6.04 Å². The van der Waals surface area contributed by atoms with Gasteiger partial charge in [0.15, 0.2) is 0 Å². The molecule has 100 valence electrons. The molecular weight excluding hydrogens is 398 g/mol. The van der Waals surface area contributed by atoms with Crippen molar-refractivity contribution < 1.29 is 4.39 Å². The average molecular weight is 408 g/mol. The Labute approximate surface area is 132 Å². The number of nitrogens with two attached hydrogens (primary N) is 1. The molecule has 6 heteroatoms. The quantitative estimate of drug-likeness (QED) is 0.577. The maximum absolute atomic E-state index is 14.2. The third-order valence-corrected chi connectivity index (χ3v) is 4.38. The third kappa shape index (κ3) is 3.01. The van der Waals surface area contributed by atoms with Crippen molar-refractivity contribution in [3.63, 3.8) is 0 Å². The van der Waals surface area contributed by atoms with Crippen molar-refractivity contribution in [2.75, 3.05) is 0 Å². The van der Waals surface area contributed by atoms with Crippen LogP contribution in [0.3, 0.4) is 0 Å². The maximum Gasteiger partial charge on any atom is 0.142 e. The zero-order chi connectivity index (χ0) is 14.0. The van der Waals surface area contributed by atoms with Crippen molar-refractivity contribution in [1.82, 2.24) is 5.43 Å².